The number of rotatable bonds is 6. The molecule has 0 unspecified atom stereocenters. The highest BCUT2D eigenvalue weighted by Gasteiger charge is 2.29. The van der Waals surface area contributed by atoms with Crippen LogP contribution in [0.4, 0.5) is 0 Å². The molecule has 0 saturated carbocycles. The Kier molecular flexibility index (Phi) is 5.58. The highest BCUT2D eigenvalue weighted by atomic mass is 32.2. The molecule has 1 aliphatic heterocycles. The minimum atomic E-state index is -3.22. The largest absolute Gasteiger partial charge is 0.341 e. The lowest BCUT2D eigenvalue weighted by Gasteiger charge is -2.21. The maximum Gasteiger partial charge on any atom is 0.223 e. The third-order valence-corrected chi connectivity index (χ3v) is 4.87. The summed E-state index contributed by atoms with van der Waals surface area (Å²) in [5.74, 6) is 0.323. The second-order valence-electron chi connectivity index (χ2n) is 5.94. The maximum atomic E-state index is 12.4. The monoisotopic (exact) mass is 324 g/mol. The quantitative estimate of drug-likeness (QED) is 0.866. The van der Waals surface area contributed by atoms with Gasteiger partial charge in [-0.3, -0.25) is 4.79 Å². The van der Waals surface area contributed by atoms with E-state index in [0.717, 1.165) is 12.7 Å². The van der Waals surface area contributed by atoms with Crippen molar-refractivity contribution < 1.29 is 13.2 Å². The van der Waals surface area contributed by atoms with Gasteiger partial charge in [0.15, 0.2) is 0 Å². The van der Waals surface area contributed by atoms with Gasteiger partial charge in [-0.25, -0.2) is 13.1 Å². The second-order valence-corrected chi connectivity index (χ2v) is 7.72. The number of hydrogen-bond acceptors (Lipinski definition) is 3. The molecule has 1 heterocycles. The Morgan fingerprint density at radius 2 is 2.05 bits per heavy atom. The molecule has 0 aliphatic carbocycles. The van der Waals surface area contributed by atoms with Crippen molar-refractivity contribution >= 4 is 15.9 Å². The minimum absolute atomic E-state index is 0.105. The lowest BCUT2D eigenvalue weighted by molar-refractivity contribution is -0.130. The van der Waals surface area contributed by atoms with Crippen molar-refractivity contribution in [3.63, 3.8) is 0 Å². The molecule has 6 heteroatoms. The zero-order chi connectivity index (χ0) is 16.2. The molecule has 1 fully saturated rings. The van der Waals surface area contributed by atoms with Crippen LogP contribution in [0.15, 0.2) is 30.3 Å². The summed E-state index contributed by atoms with van der Waals surface area (Å²) >= 11 is 0. The fourth-order valence-electron chi connectivity index (χ4n) is 2.95. The van der Waals surface area contributed by atoms with Gasteiger partial charge in [-0.05, 0) is 24.3 Å². The Bertz CT molecular complexity index is 601. The Morgan fingerprint density at radius 3 is 2.64 bits per heavy atom. The van der Waals surface area contributed by atoms with E-state index in [9.17, 15) is 13.2 Å². The average Bonchev–Trinajstić information content (AvgIpc) is 2.92. The number of nitrogens with zero attached hydrogens (tertiary/aromatic N) is 1. The van der Waals surface area contributed by atoms with Gasteiger partial charge in [0.25, 0.3) is 0 Å². The van der Waals surface area contributed by atoms with Crippen LogP contribution in [0.25, 0.3) is 0 Å². The van der Waals surface area contributed by atoms with Gasteiger partial charge >= 0.3 is 0 Å². The first kappa shape index (κ1) is 17.0. The van der Waals surface area contributed by atoms with Gasteiger partial charge in [-0.1, -0.05) is 37.3 Å². The van der Waals surface area contributed by atoms with Gasteiger partial charge in [0.1, 0.15) is 0 Å². The summed E-state index contributed by atoms with van der Waals surface area (Å²) in [6.45, 7) is 3.18. The van der Waals surface area contributed by atoms with Crippen molar-refractivity contribution in [2.45, 2.75) is 38.1 Å². The molecular weight excluding hydrogens is 300 g/mol. The van der Waals surface area contributed by atoms with Crippen LogP contribution < -0.4 is 4.72 Å². The summed E-state index contributed by atoms with van der Waals surface area (Å²) in [7, 11) is -3.22. The zero-order valence-electron chi connectivity index (χ0n) is 13.2. The highest BCUT2D eigenvalue weighted by molar-refractivity contribution is 7.88. The lowest BCUT2D eigenvalue weighted by atomic mass is 9.93. The van der Waals surface area contributed by atoms with Gasteiger partial charge in [0.2, 0.25) is 15.9 Å². The fourth-order valence-corrected chi connectivity index (χ4v) is 3.75. The van der Waals surface area contributed by atoms with E-state index in [-0.39, 0.29) is 17.9 Å². The molecule has 122 valence electrons. The molecule has 22 heavy (non-hydrogen) atoms. The van der Waals surface area contributed by atoms with Crippen LogP contribution in [0.5, 0.6) is 0 Å². The van der Waals surface area contributed by atoms with Crippen LogP contribution in [0.3, 0.4) is 0 Å². The molecule has 0 spiro atoms. The molecule has 1 N–H and O–H groups in total. The minimum Gasteiger partial charge on any atom is -0.341 e. The molecule has 1 aromatic carbocycles. The summed E-state index contributed by atoms with van der Waals surface area (Å²) < 4.78 is 25.1. The molecule has 1 saturated heterocycles. The summed E-state index contributed by atoms with van der Waals surface area (Å²) in [4.78, 5) is 14.2. The van der Waals surface area contributed by atoms with Gasteiger partial charge in [0.05, 0.1) is 6.26 Å². The molecule has 2 rings (SSSR count). The third kappa shape index (κ3) is 4.81. The molecule has 0 aromatic heterocycles. The van der Waals surface area contributed by atoms with E-state index in [1.165, 1.54) is 5.56 Å². The lowest BCUT2D eigenvalue weighted by Crippen LogP contribution is -2.38. The van der Waals surface area contributed by atoms with Crippen molar-refractivity contribution in [1.82, 2.24) is 9.62 Å². The fraction of sp³-hybridized carbons (Fsp3) is 0.562. The maximum absolute atomic E-state index is 12.4. The normalized spacial score (nSPS) is 20.1. The standard InChI is InChI=1S/C16H24N2O3S/c1-3-13(14-7-5-4-6-8-14)11-16(19)18-10-9-15(12-18)17-22(2,20)21/h4-8,13,15,17H,3,9-12H2,1-2H3/t13-,15+/m1/s1. The van der Waals surface area contributed by atoms with E-state index in [1.54, 1.807) is 4.90 Å². The molecule has 1 aliphatic rings. The van der Waals surface area contributed by atoms with Crippen LogP contribution in [0.2, 0.25) is 0 Å². The van der Waals surface area contributed by atoms with Gasteiger partial charge < -0.3 is 4.90 Å². The van der Waals surface area contributed by atoms with Crippen LogP contribution in [-0.4, -0.2) is 44.6 Å². The highest BCUT2D eigenvalue weighted by Crippen LogP contribution is 2.25. The number of likely N-dealkylation sites (tertiary alicyclic amines) is 1. The Labute approximate surface area is 132 Å². The summed E-state index contributed by atoms with van der Waals surface area (Å²) in [6.07, 6.45) is 3.22. The number of carbonyl (C=O) groups excluding carboxylic acids is 1. The second kappa shape index (κ2) is 7.24. The van der Waals surface area contributed by atoms with Crippen molar-refractivity contribution in [1.29, 1.82) is 0 Å². The number of hydrogen-bond donors (Lipinski definition) is 1. The Balaban J connectivity index is 1.92. The molecule has 1 aromatic rings. The van der Waals surface area contributed by atoms with Gasteiger partial charge in [-0.2, -0.15) is 0 Å². The van der Waals surface area contributed by atoms with Crippen molar-refractivity contribution in [3.05, 3.63) is 35.9 Å². The van der Waals surface area contributed by atoms with Crippen molar-refractivity contribution in [2.75, 3.05) is 19.3 Å². The number of benzene rings is 1. The zero-order valence-corrected chi connectivity index (χ0v) is 14.0. The van der Waals surface area contributed by atoms with Crippen LogP contribution in [-0.2, 0) is 14.8 Å². The predicted octanol–water partition coefficient (Wildman–Crippen LogP) is 1.72. The number of carbonyl (C=O) groups is 1. The summed E-state index contributed by atoms with van der Waals surface area (Å²) in [5.41, 5.74) is 1.18. The number of nitrogens with one attached hydrogen (secondary N) is 1. The van der Waals surface area contributed by atoms with E-state index in [2.05, 4.69) is 23.8 Å². The first-order chi connectivity index (χ1) is 10.4. The van der Waals surface area contributed by atoms with E-state index in [4.69, 9.17) is 0 Å². The van der Waals surface area contributed by atoms with Gasteiger partial charge in [0, 0.05) is 25.6 Å². The van der Waals surface area contributed by atoms with Crippen LogP contribution in [0, 0.1) is 0 Å². The van der Waals surface area contributed by atoms with Crippen molar-refractivity contribution in [3.8, 4) is 0 Å². The predicted molar refractivity (Wildman–Crippen MR) is 87.1 cm³/mol. The molecule has 1 amide bonds. The third-order valence-electron chi connectivity index (χ3n) is 4.11. The average molecular weight is 324 g/mol. The van der Waals surface area contributed by atoms with Crippen molar-refractivity contribution in [2.24, 2.45) is 0 Å². The van der Waals surface area contributed by atoms with E-state index >= 15 is 0 Å². The van der Waals surface area contributed by atoms with E-state index < -0.39 is 10.0 Å². The first-order valence-electron chi connectivity index (χ1n) is 7.69. The smallest absolute Gasteiger partial charge is 0.223 e. The Morgan fingerprint density at radius 1 is 1.36 bits per heavy atom. The summed E-state index contributed by atoms with van der Waals surface area (Å²) in [6, 6.07) is 9.91. The van der Waals surface area contributed by atoms with Crippen LogP contribution >= 0.6 is 0 Å². The van der Waals surface area contributed by atoms with E-state index in [0.29, 0.717) is 25.9 Å². The molecule has 0 bridgehead atoms. The molecule has 2 atom stereocenters. The topological polar surface area (TPSA) is 66.5 Å². The molecule has 5 nitrogen and oxygen atoms in total. The number of sulfonamides is 1. The van der Waals surface area contributed by atoms with E-state index in [1.807, 2.05) is 18.2 Å². The Hall–Kier alpha value is -1.40. The number of amides is 1. The first-order valence-corrected chi connectivity index (χ1v) is 9.58. The molecular formula is C16H24N2O3S. The van der Waals surface area contributed by atoms with Crippen LogP contribution in [0.1, 0.15) is 37.7 Å². The molecule has 0 radical (unpaired) electrons. The van der Waals surface area contributed by atoms with Gasteiger partial charge in [-0.15, -0.1) is 0 Å². The summed E-state index contributed by atoms with van der Waals surface area (Å²) in [5, 5.41) is 0. The SMILES string of the molecule is CC[C@H](CC(=O)N1CC[C@H](NS(C)(=O)=O)C1)c1ccccc1.